The summed E-state index contributed by atoms with van der Waals surface area (Å²) in [6.07, 6.45) is 14.3. The Balaban J connectivity index is 2.15. The molecule has 2 aliphatic rings. The van der Waals surface area contributed by atoms with E-state index in [4.69, 9.17) is 0 Å². The zero-order valence-corrected chi connectivity index (χ0v) is 10.7. The number of aliphatic hydroxyl groups excluding tert-OH is 1. The molecule has 2 rings (SSSR count). The fourth-order valence-corrected chi connectivity index (χ4v) is 3.78. The van der Waals surface area contributed by atoms with Gasteiger partial charge in [0.2, 0.25) is 0 Å². The number of aliphatic hydroxyl groups is 1. The highest BCUT2D eigenvalue weighted by Gasteiger charge is 2.38. The van der Waals surface area contributed by atoms with Crippen molar-refractivity contribution >= 4 is 0 Å². The van der Waals surface area contributed by atoms with Gasteiger partial charge in [-0.05, 0) is 56.3 Å². The number of rotatable bonds is 4. The standard InChI is InChI=1S/C15H26O/c1-15(11-12-16,14-9-5-6-10-14)13-7-3-2-4-8-13/h7,14,16H,2-6,8-12H2,1H3. The van der Waals surface area contributed by atoms with Gasteiger partial charge in [-0.3, -0.25) is 0 Å². The predicted octanol–water partition coefficient (Wildman–Crippen LogP) is 4.07. The molecule has 1 unspecified atom stereocenters. The van der Waals surface area contributed by atoms with Gasteiger partial charge < -0.3 is 5.11 Å². The van der Waals surface area contributed by atoms with E-state index in [1.54, 1.807) is 5.57 Å². The fraction of sp³-hybridized carbons (Fsp3) is 0.867. The van der Waals surface area contributed by atoms with Crippen LogP contribution in [0, 0.1) is 11.3 Å². The Hall–Kier alpha value is -0.300. The Morgan fingerprint density at radius 2 is 2.00 bits per heavy atom. The molecule has 1 atom stereocenters. The van der Waals surface area contributed by atoms with Crippen molar-refractivity contribution in [3.63, 3.8) is 0 Å². The Morgan fingerprint density at radius 1 is 1.25 bits per heavy atom. The van der Waals surface area contributed by atoms with Gasteiger partial charge in [-0.15, -0.1) is 0 Å². The van der Waals surface area contributed by atoms with Crippen molar-refractivity contribution in [2.75, 3.05) is 6.61 Å². The second-order valence-corrected chi connectivity index (χ2v) is 5.85. The van der Waals surface area contributed by atoms with Crippen molar-refractivity contribution in [3.8, 4) is 0 Å². The summed E-state index contributed by atoms with van der Waals surface area (Å²) in [4.78, 5) is 0. The van der Waals surface area contributed by atoms with Gasteiger partial charge in [0.15, 0.2) is 0 Å². The lowest BCUT2D eigenvalue weighted by Crippen LogP contribution is -2.30. The summed E-state index contributed by atoms with van der Waals surface area (Å²) < 4.78 is 0. The molecular weight excluding hydrogens is 196 g/mol. The first kappa shape index (κ1) is 12.2. The van der Waals surface area contributed by atoms with Crippen LogP contribution in [0.5, 0.6) is 0 Å². The number of hydrogen-bond donors (Lipinski definition) is 1. The molecule has 0 bridgehead atoms. The molecule has 0 amide bonds. The van der Waals surface area contributed by atoms with E-state index < -0.39 is 0 Å². The highest BCUT2D eigenvalue weighted by Crippen LogP contribution is 2.49. The Bertz CT molecular complexity index is 250. The first-order chi connectivity index (χ1) is 7.77. The molecule has 0 aliphatic heterocycles. The highest BCUT2D eigenvalue weighted by molar-refractivity contribution is 5.17. The Morgan fingerprint density at radius 3 is 2.56 bits per heavy atom. The molecule has 0 aromatic heterocycles. The lowest BCUT2D eigenvalue weighted by atomic mass is 9.66. The molecule has 1 heteroatoms. The van der Waals surface area contributed by atoms with E-state index in [9.17, 15) is 5.11 Å². The predicted molar refractivity (Wildman–Crippen MR) is 68.3 cm³/mol. The average Bonchev–Trinajstić information content (AvgIpc) is 2.84. The number of hydrogen-bond acceptors (Lipinski definition) is 1. The highest BCUT2D eigenvalue weighted by atomic mass is 16.3. The Kier molecular flexibility index (Phi) is 4.07. The minimum absolute atomic E-state index is 0.311. The summed E-state index contributed by atoms with van der Waals surface area (Å²) >= 11 is 0. The van der Waals surface area contributed by atoms with Crippen molar-refractivity contribution in [2.24, 2.45) is 11.3 Å². The molecule has 2 aliphatic carbocycles. The summed E-state index contributed by atoms with van der Waals surface area (Å²) in [5, 5.41) is 9.37. The van der Waals surface area contributed by atoms with Gasteiger partial charge in [0, 0.05) is 6.61 Å². The maximum Gasteiger partial charge on any atom is 0.0439 e. The molecule has 1 N–H and O–H groups in total. The molecule has 0 aromatic carbocycles. The van der Waals surface area contributed by atoms with Gasteiger partial charge in [0.1, 0.15) is 0 Å². The van der Waals surface area contributed by atoms with Crippen LogP contribution in [0.2, 0.25) is 0 Å². The lowest BCUT2D eigenvalue weighted by Gasteiger charge is -2.39. The van der Waals surface area contributed by atoms with E-state index in [0.29, 0.717) is 12.0 Å². The van der Waals surface area contributed by atoms with Crippen molar-refractivity contribution in [1.29, 1.82) is 0 Å². The van der Waals surface area contributed by atoms with Gasteiger partial charge in [0.25, 0.3) is 0 Å². The molecule has 16 heavy (non-hydrogen) atoms. The van der Waals surface area contributed by atoms with Crippen LogP contribution in [-0.4, -0.2) is 11.7 Å². The molecule has 0 spiro atoms. The topological polar surface area (TPSA) is 20.2 Å². The normalized spacial score (nSPS) is 26.5. The van der Waals surface area contributed by atoms with Gasteiger partial charge >= 0.3 is 0 Å². The minimum atomic E-state index is 0.311. The van der Waals surface area contributed by atoms with E-state index >= 15 is 0 Å². The molecule has 0 heterocycles. The summed E-state index contributed by atoms with van der Waals surface area (Å²) in [5.74, 6) is 0.837. The van der Waals surface area contributed by atoms with Gasteiger partial charge in [-0.25, -0.2) is 0 Å². The Labute approximate surface area is 99.9 Å². The lowest BCUT2D eigenvalue weighted by molar-refractivity contribution is 0.157. The average molecular weight is 222 g/mol. The van der Waals surface area contributed by atoms with E-state index in [0.717, 1.165) is 12.3 Å². The van der Waals surface area contributed by atoms with Crippen LogP contribution < -0.4 is 0 Å². The quantitative estimate of drug-likeness (QED) is 0.711. The van der Waals surface area contributed by atoms with Crippen LogP contribution in [0.4, 0.5) is 0 Å². The molecular formula is C15H26O. The number of allylic oxidation sites excluding steroid dienone is 2. The first-order valence-corrected chi connectivity index (χ1v) is 7.08. The van der Waals surface area contributed by atoms with E-state index in [-0.39, 0.29) is 0 Å². The van der Waals surface area contributed by atoms with Gasteiger partial charge in [-0.2, -0.15) is 0 Å². The van der Waals surface area contributed by atoms with Crippen molar-refractivity contribution in [1.82, 2.24) is 0 Å². The maximum atomic E-state index is 9.37. The maximum absolute atomic E-state index is 9.37. The molecule has 1 saturated carbocycles. The smallest absolute Gasteiger partial charge is 0.0439 e. The summed E-state index contributed by atoms with van der Waals surface area (Å²) in [7, 11) is 0. The van der Waals surface area contributed by atoms with E-state index in [1.807, 2.05) is 0 Å². The van der Waals surface area contributed by atoms with Gasteiger partial charge in [0.05, 0.1) is 0 Å². The SMILES string of the molecule is CC(CCO)(C1=CCCCC1)C1CCCC1. The molecule has 0 aromatic rings. The van der Waals surface area contributed by atoms with Crippen molar-refractivity contribution in [2.45, 2.75) is 64.7 Å². The van der Waals surface area contributed by atoms with Crippen LogP contribution in [0.15, 0.2) is 11.6 Å². The van der Waals surface area contributed by atoms with Crippen LogP contribution in [0.25, 0.3) is 0 Å². The zero-order chi connectivity index (χ0) is 11.4. The van der Waals surface area contributed by atoms with Crippen LogP contribution in [-0.2, 0) is 0 Å². The van der Waals surface area contributed by atoms with Crippen LogP contribution >= 0.6 is 0 Å². The second kappa shape index (κ2) is 5.35. The first-order valence-electron chi connectivity index (χ1n) is 7.08. The third-order valence-corrected chi connectivity index (χ3v) is 4.91. The third-order valence-electron chi connectivity index (χ3n) is 4.91. The molecule has 0 radical (unpaired) electrons. The molecule has 92 valence electrons. The van der Waals surface area contributed by atoms with Crippen molar-refractivity contribution < 1.29 is 5.11 Å². The second-order valence-electron chi connectivity index (χ2n) is 5.85. The minimum Gasteiger partial charge on any atom is -0.396 e. The molecule has 0 saturated heterocycles. The van der Waals surface area contributed by atoms with Crippen molar-refractivity contribution in [3.05, 3.63) is 11.6 Å². The van der Waals surface area contributed by atoms with E-state index in [2.05, 4.69) is 13.0 Å². The fourth-order valence-electron chi connectivity index (χ4n) is 3.78. The molecule has 1 nitrogen and oxygen atoms in total. The monoisotopic (exact) mass is 222 g/mol. The molecule has 1 fully saturated rings. The zero-order valence-electron chi connectivity index (χ0n) is 10.7. The summed E-state index contributed by atoms with van der Waals surface area (Å²) in [5.41, 5.74) is 1.98. The van der Waals surface area contributed by atoms with E-state index in [1.165, 1.54) is 51.4 Å². The summed E-state index contributed by atoms with van der Waals surface area (Å²) in [6, 6.07) is 0. The van der Waals surface area contributed by atoms with Crippen LogP contribution in [0.3, 0.4) is 0 Å². The third kappa shape index (κ3) is 2.34. The van der Waals surface area contributed by atoms with Crippen LogP contribution in [0.1, 0.15) is 64.7 Å². The summed E-state index contributed by atoms with van der Waals surface area (Å²) in [6.45, 7) is 2.76. The largest absolute Gasteiger partial charge is 0.396 e. The van der Waals surface area contributed by atoms with Gasteiger partial charge in [-0.1, -0.05) is 31.4 Å².